The molecule has 2 unspecified atom stereocenters. The number of thioether (sulfide) groups is 1. The minimum Gasteiger partial charge on any atom is -0.478 e. The van der Waals surface area contributed by atoms with Gasteiger partial charge in [0.05, 0.1) is 24.0 Å². The lowest BCUT2D eigenvalue weighted by atomic mass is 10.0. The summed E-state index contributed by atoms with van der Waals surface area (Å²) in [5, 5.41) is 9.58. The van der Waals surface area contributed by atoms with Gasteiger partial charge in [-0.15, -0.1) is 0 Å². The summed E-state index contributed by atoms with van der Waals surface area (Å²) in [7, 11) is 1.56. The number of hydrogen-bond acceptors (Lipinski definition) is 4. The molecule has 0 saturated heterocycles. The molecule has 0 aromatic rings. The van der Waals surface area contributed by atoms with Gasteiger partial charge in [-0.3, -0.25) is 0 Å². The van der Waals surface area contributed by atoms with E-state index in [0.717, 1.165) is 0 Å². The highest BCUT2D eigenvalue weighted by molar-refractivity contribution is 8.14. The lowest BCUT2D eigenvalue weighted by molar-refractivity contribution is -0.132. The Hall–Kier alpha value is -1.23. The van der Waals surface area contributed by atoms with Crippen molar-refractivity contribution in [2.24, 2.45) is 4.99 Å². The monoisotopic (exact) mass is 211 g/mol. The van der Waals surface area contributed by atoms with Crippen molar-refractivity contribution in [3.8, 4) is 0 Å². The van der Waals surface area contributed by atoms with E-state index in [2.05, 4.69) is 4.99 Å². The molecule has 0 bridgehead atoms. The van der Waals surface area contributed by atoms with Crippen LogP contribution in [0.4, 0.5) is 0 Å². The average Bonchev–Trinajstić information content (AvgIpc) is 2.58. The lowest BCUT2D eigenvalue weighted by Gasteiger charge is -2.13. The molecule has 14 heavy (non-hydrogen) atoms. The van der Waals surface area contributed by atoms with E-state index in [-0.39, 0.29) is 11.3 Å². The summed E-state index contributed by atoms with van der Waals surface area (Å²) in [6.45, 7) is 0. The predicted octanol–water partition coefficient (Wildman–Crippen LogP) is 1.05. The minimum atomic E-state index is -0.911. The van der Waals surface area contributed by atoms with Crippen LogP contribution in [-0.4, -0.2) is 34.7 Å². The van der Waals surface area contributed by atoms with Gasteiger partial charge >= 0.3 is 5.97 Å². The molecule has 0 aromatic heterocycles. The third-order valence-corrected chi connectivity index (χ3v) is 3.25. The molecule has 1 aliphatic heterocycles. The van der Waals surface area contributed by atoms with Crippen LogP contribution >= 0.6 is 11.8 Å². The van der Waals surface area contributed by atoms with Crippen LogP contribution in [0.25, 0.3) is 0 Å². The quantitative estimate of drug-likeness (QED) is 0.704. The molecule has 2 atom stereocenters. The van der Waals surface area contributed by atoms with Crippen LogP contribution in [0.5, 0.6) is 0 Å². The number of carbonyl (C=O) groups is 1. The highest BCUT2D eigenvalue weighted by Gasteiger charge is 2.30. The van der Waals surface area contributed by atoms with E-state index in [1.54, 1.807) is 19.3 Å². The van der Waals surface area contributed by atoms with Crippen molar-refractivity contribution in [3.63, 3.8) is 0 Å². The molecule has 0 amide bonds. The molecule has 0 fully saturated rings. The Morgan fingerprint density at radius 1 is 1.71 bits per heavy atom. The number of hydrogen-bond donors (Lipinski definition) is 1. The van der Waals surface area contributed by atoms with E-state index in [9.17, 15) is 4.79 Å². The van der Waals surface area contributed by atoms with Crippen LogP contribution in [0.3, 0.4) is 0 Å². The first kappa shape index (κ1) is 9.33. The van der Waals surface area contributed by atoms with Crippen LogP contribution in [-0.2, 0) is 9.53 Å². The van der Waals surface area contributed by atoms with Crippen molar-refractivity contribution in [1.82, 2.24) is 0 Å². The first-order valence-electron chi connectivity index (χ1n) is 4.12. The van der Waals surface area contributed by atoms with Gasteiger partial charge in [0, 0.05) is 0 Å². The van der Waals surface area contributed by atoms with Crippen LogP contribution in [0.2, 0.25) is 0 Å². The molecular formula is C9H9NO3S. The van der Waals surface area contributed by atoms with Gasteiger partial charge in [0.15, 0.2) is 0 Å². The van der Waals surface area contributed by atoms with Crippen molar-refractivity contribution in [2.75, 3.05) is 7.11 Å². The predicted molar refractivity (Wildman–Crippen MR) is 54.5 cm³/mol. The molecule has 2 aliphatic rings. The Bertz CT molecular complexity index is 359. The molecule has 0 aromatic carbocycles. The fourth-order valence-corrected chi connectivity index (χ4v) is 2.33. The Labute approximate surface area is 85.4 Å². The van der Waals surface area contributed by atoms with Crippen molar-refractivity contribution in [2.45, 2.75) is 11.3 Å². The third kappa shape index (κ3) is 1.55. The molecule has 1 N–H and O–H groups in total. The van der Waals surface area contributed by atoms with E-state index < -0.39 is 5.97 Å². The summed E-state index contributed by atoms with van der Waals surface area (Å²) >= 11 is 1.51. The Balaban J connectivity index is 2.21. The van der Waals surface area contributed by atoms with Crippen LogP contribution in [0, 0.1) is 0 Å². The number of ether oxygens (including phenoxy) is 1. The summed E-state index contributed by atoms with van der Waals surface area (Å²) < 4.78 is 5.00. The van der Waals surface area contributed by atoms with Crippen molar-refractivity contribution < 1.29 is 14.6 Å². The van der Waals surface area contributed by atoms with Crippen LogP contribution in [0.15, 0.2) is 28.8 Å². The second-order valence-corrected chi connectivity index (χ2v) is 4.09. The van der Waals surface area contributed by atoms with Gasteiger partial charge in [0.2, 0.25) is 5.23 Å². The van der Waals surface area contributed by atoms with E-state index in [0.29, 0.717) is 10.8 Å². The number of aliphatic carboxylic acids is 1. The molecule has 5 heteroatoms. The molecule has 0 spiro atoms. The van der Waals surface area contributed by atoms with Crippen molar-refractivity contribution in [1.29, 1.82) is 0 Å². The first-order valence-corrected chi connectivity index (χ1v) is 5.00. The fraction of sp³-hybridized carbons (Fsp3) is 0.333. The zero-order valence-electron chi connectivity index (χ0n) is 7.51. The molecular weight excluding hydrogens is 202 g/mol. The maximum absolute atomic E-state index is 10.7. The van der Waals surface area contributed by atoms with Gasteiger partial charge in [-0.1, -0.05) is 23.9 Å². The summed E-state index contributed by atoms with van der Waals surface area (Å²) in [4.78, 5) is 14.9. The number of fused-ring (bicyclic) bond motifs is 1. The largest absolute Gasteiger partial charge is 0.478 e. The van der Waals surface area contributed by atoms with E-state index >= 15 is 0 Å². The van der Waals surface area contributed by atoms with Crippen LogP contribution in [0.1, 0.15) is 0 Å². The third-order valence-electron chi connectivity index (χ3n) is 2.07. The number of methoxy groups -OCH3 is 1. The van der Waals surface area contributed by atoms with Crippen molar-refractivity contribution >= 4 is 23.0 Å². The number of nitrogens with zero attached hydrogens (tertiary/aromatic N) is 1. The smallest absolute Gasteiger partial charge is 0.335 e. The molecule has 1 heterocycles. The summed E-state index contributed by atoms with van der Waals surface area (Å²) in [5.41, 5.74) is 0.299. The molecule has 1 aliphatic carbocycles. The Morgan fingerprint density at radius 2 is 2.50 bits per heavy atom. The average molecular weight is 211 g/mol. The second kappa shape index (κ2) is 3.49. The molecule has 2 rings (SSSR count). The van der Waals surface area contributed by atoms with Gasteiger partial charge in [-0.05, 0) is 6.08 Å². The standard InChI is InChI=1S/C9H9NO3S/c1-13-9-10-6-4-5(8(11)12)2-3-7(6)14-9/h2-4,6-7H,1H3,(H,11,12). The SMILES string of the molecule is COC1=NC2C=C(C(=O)O)C=CC2S1. The van der Waals surface area contributed by atoms with E-state index in [1.807, 2.05) is 6.08 Å². The van der Waals surface area contributed by atoms with Crippen LogP contribution < -0.4 is 0 Å². The van der Waals surface area contributed by atoms with Crippen molar-refractivity contribution in [3.05, 3.63) is 23.8 Å². The van der Waals surface area contributed by atoms with E-state index in [1.165, 1.54) is 11.8 Å². The molecule has 0 saturated carbocycles. The van der Waals surface area contributed by atoms with E-state index in [4.69, 9.17) is 9.84 Å². The Morgan fingerprint density at radius 3 is 3.14 bits per heavy atom. The number of carboxylic acid groups (broad SMARTS) is 1. The summed E-state index contributed by atoms with van der Waals surface area (Å²) in [5.74, 6) is -0.911. The second-order valence-electron chi connectivity index (χ2n) is 2.96. The maximum Gasteiger partial charge on any atom is 0.335 e. The molecule has 0 radical (unpaired) electrons. The minimum absolute atomic E-state index is 0.0916. The first-order chi connectivity index (χ1) is 6.70. The highest BCUT2D eigenvalue weighted by Crippen LogP contribution is 2.32. The highest BCUT2D eigenvalue weighted by atomic mass is 32.2. The zero-order valence-corrected chi connectivity index (χ0v) is 8.32. The van der Waals surface area contributed by atoms with Gasteiger partial charge in [0.25, 0.3) is 0 Å². The maximum atomic E-state index is 10.7. The fourth-order valence-electron chi connectivity index (χ4n) is 1.38. The topological polar surface area (TPSA) is 58.9 Å². The number of carboxylic acids is 1. The lowest BCUT2D eigenvalue weighted by Crippen LogP contribution is -2.18. The number of rotatable bonds is 1. The zero-order chi connectivity index (χ0) is 10.1. The van der Waals surface area contributed by atoms with Gasteiger partial charge in [-0.25, -0.2) is 9.79 Å². The normalized spacial score (nSPS) is 29.2. The summed E-state index contributed by atoms with van der Waals surface area (Å²) in [6, 6.07) is -0.0916. The Kier molecular flexibility index (Phi) is 2.33. The summed E-state index contributed by atoms with van der Waals surface area (Å²) in [6.07, 6.45) is 5.13. The van der Waals surface area contributed by atoms with Gasteiger partial charge < -0.3 is 9.84 Å². The molecule has 74 valence electrons. The number of aliphatic imine (C=N–C) groups is 1. The molecule has 4 nitrogen and oxygen atoms in total. The van der Waals surface area contributed by atoms with Gasteiger partial charge in [0.1, 0.15) is 0 Å². The van der Waals surface area contributed by atoms with Gasteiger partial charge in [-0.2, -0.15) is 0 Å².